The predicted octanol–water partition coefficient (Wildman–Crippen LogP) is 1.39. The number of nitrogens with one attached hydrogen (secondary N) is 1. The summed E-state index contributed by atoms with van der Waals surface area (Å²) in [5.41, 5.74) is 0. The van der Waals surface area contributed by atoms with Crippen molar-refractivity contribution in [1.82, 2.24) is 30.4 Å². The van der Waals surface area contributed by atoms with E-state index in [2.05, 4.69) is 30.4 Å². The molecule has 1 saturated heterocycles. The second-order valence-electron chi connectivity index (χ2n) is 6.19. The molecule has 3 heterocycles. The lowest BCUT2D eigenvalue weighted by Crippen LogP contribution is -2.49. The van der Waals surface area contributed by atoms with Crippen molar-refractivity contribution in [2.75, 3.05) is 49.1 Å². The first-order valence-corrected chi connectivity index (χ1v) is 12.1. The number of thioether (sulfide) groups is 2. The molecule has 1 aliphatic heterocycles. The average Bonchev–Trinajstić information content (AvgIpc) is 3.23. The Balaban J connectivity index is 1.38. The first kappa shape index (κ1) is 21.8. The minimum absolute atomic E-state index is 0.00272. The Morgan fingerprint density at radius 2 is 1.83 bits per heavy atom. The number of hydrogen-bond donors (Lipinski definition) is 1. The smallest absolute Gasteiger partial charge is 0.233 e. The van der Waals surface area contributed by atoms with Gasteiger partial charge in [-0.3, -0.25) is 14.6 Å². The zero-order valence-corrected chi connectivity index (χ0v) is 18.6. The highest BCUT2D eigenvalue weighted by molar-refractivity contribution is 8.03. The minimum atomic E-state index is -0.00272. The molecule has 9 nitrogen and oxygen atoms in total. The molecule has 0 unspecified atom stereocenters. The molecule has 0 aromatic carbocycles. The Kier molecular flexibility index (Phi) is 8.50. The molecular weight excluding hydrogens is 430 g/mol. The Bertz CT molecular complexity index is 797. The summed E-state index contributed by atoms with van der Waals surface area (Å²) in [6.07, 6.45) is 5.99. The second-order valence-corrected chi connectivity index (χ2v) is 9.62. The zero-order chi connectivity index (χ0) is 20.5. The van der Waals surface area contributed by atoms with Gasteiger partial charge in [0, 0.05) is 45.1 Å². The zero-order valence-electron chi connectivity index (χ0n) is 16.1. The predicted molar refractivity (Wildman–Crippen MR) is 115 cm³/mol. The maximum absolute atomic E-state index is 12.5. The van der Waals surface area contributed by atoms with Crippen molar-refractivity contribution in [3.05, 3.63) is 18.6 Å². The van der Waals surface area contributed by atoms with Crippen molar-refractivity contribution in [1.29, 1.82) is 0 Å². The number of piperazine rings is 1. The van der Waals surface area contributed by atoms with E-state index in [-0.39, 0.29) is 11.8 Å². The number of nitrogens with zero attached hydrogens (tertiary/aromatic N) is 6. The largest absolute Gasteiger partial charge is 0.355 e. The summed E-state index contributed by atoms with van der Waals surface area (Å²) < 4.78 is 1.48. The molecule has 2 aromatic rings. The van der Waals surface area contributed by atoms with Crippen LogP contribution < -0.4 is 10.2 Å². The van der Waals surface area contributed by atoms with E-state index < -0.39 is 0 Å². The van der Waals surface area contributed by atoms with Crippen LogP contribution in [0.1, 0.15) is 13.3 Å². The van der Waals surface area contributed by atoms with Crippen LogP contribution in [0.5, 0.6) is 0 Å². The van der Waals surface area contributed by atoms with Crippen LogP contribution in [0.2, 0.25) is 0 Å². The van der Waals surface area contributed by atoms with Crippen molar-refractivity contribution in [3.8, 4) is 0 Å². The van der Waals surface area contributed by atoms with E-state index in [9.17, 15) is 9.59 Å². The van der Waals surface area contributed by atoms with Crippen LogP contribution in [0.25, 0.3) is 0 Å². The molecule has 1 fully saturated rings. The number of rotatable bonds is 9. The molecular formula is C17H23N7O2S3. The van der Waals surface area contributed by atoms with Gasteiger partial charge in [-0.25, -0.2) is 4.98 Å². The van der Waals surface area contributed by atoms with Crippen molar-refractivity contribution < 1.29 is 9.59 Å². The number of amides is 2. The molecule has 2 aromatic heterocycles. The van der Waals surface area contributed by atoms with E-state index in [1.807, 2.05) is 11.8 Å². The number of anilines is 1. The lowest BCUT2D eigenvalue weighted by molar-refractivity contribution is -0.128. The highest BCUT2D eigenvalue weighted by Gasteiger charge is 2.22. The Hall–Kier alpha value is -1.92. The molecule has 12 heteroatoms. The molecule has 0 radical (unpaired) electrons. The van der Waals surface area contributed by atoms with Gasteiger partial charge < -0.3 is 15.1 Å². The van der Waals surface area contributed by atoms with Crippen LogP contribution in [0.3, 0.4) is 0 Å². The third kappa shape index (κ3) is 6.82. The van der Waals surface area contributed by atoms with Gasteiger partial charge in [-0.1, -0.05) is 41.8 Å². The van der Waals surface area contributed by atoms with Gasteiger partial charge >= 0.3 is 0 Å². The van der Waals surface area contributed by atoms with E-state index in [1.165, 1.54) is 34.9 Å². The van der Waals surface area contributed by atoms with Crippen molar-refractivity contribution in [3.63, 3.8) is 0 Å². The summed E-state index contributed by atoms with van der Waals surface area (Å²) in [4.78, 5) is 36.5. The summed E-state index contributed by atoms with van der Waals surface area (Å²) in [6, 6.07) is 0. The fraction of sp³-hybridized carbons (Fsp3) is 0.529. The van der Waals surface area contributed by atoms with E-state index in [0.29, 0.717) is 31.1 Å². The van der Waals surface area contributed by atoms with Crippen LogP contribution in [0, 0.1) is 0 Å². The van der Waals surface area contributed by atoms with Crippen molar-refractivity contribution in [2.45, 2.75) is 22.0 Å². The summed E-state index contributed by atoms with van der Waals surface area (Å²) in [5.74, 6) is 1.60. The molecule has 3 rings (SSSR count). The fourth-order valence-corrected chi connectivity index (χ4v) is 5.36. The Labute approximate surface area is 182 Å². The molecule has 0 spiro atoms. The number of carbonyl (C=O) groups is 2. The quantitative estimate of drug-likeness (QED) is 0.564. The normalized spacial score (nSPS) is 14.1. The Morgan fingerprint density at radius 1 is 1.10 bits per heavy atom. The van der Waals surface area contributed by atoms with Crippen LogP contribution in [0.4, 0.5) is 5.82 Å². The highest BCUT2D eigenvalue weighted by atomic mass is 32.2. The molecule has 1 aliphatic rings. The number of carbonyl (C=O) groups excluding carboxylic acids is 2. The first-order chi connectivity index (χ1) is 14.2. The monoisotopic (exact) mass is 453 g/mol. The molecule has 29 heavy (non-hydrogen) atoms. The van der Waals surface area contributed by atoms with Gasteiger partial charge in [-0.15, -0.1) is 10.2 Å². The number of hydrogen-bond acceptors (Lipinski definition) is 10. The van der Waals surface area contributed by atoms with E-state index >= 15 is 0 Å². The third-order valence-electron chi connectivity index (χ3n) is 4.11. The van der Waals surface area contributed by atoms with Crippen molar-refractivity contribution in [2.24, 2.45) is 0 Å². The fourth-order valence-electron chi connectivity index (χ4n) is 2.61. The summed E-state index contributed by atoms with van der Waals surface area (Å²) in [7, 11) is 0. The topological polar surface area (TPSA) is 104 Å². The second kappa shape index (κ2) is 11.3. The molecule has 0 aliphatic carbocycles. The maximum atomic E-state index is 12.5. The first-order valence-electron chi connectivity index (χ1n) is 9.30. The van der Waals surface area contributed by atoms with Crippen LogP contribution in [-0.4, -0.2) is 81.1 Å². The highest BCUT2D eigenvalue weighted by Crippen LogP contribution is 2.28. The van der Waals surface area contributed by atoms with Crippen LogP contribution in [-0.2, 0) is 9.59 Å². The van der Waals surface area contributed by atoms with Gasteiger partial charge in [-0.05, 0) is 6.42 Å². The lowest BCUT2D eigenvalue weighted by atomic mass is 10.3. The summed E-state index contributed by atoms with van der Waals surface area (Å²) in [5, 5.41) is 11.0. The summed E-state index contributed by atoms with van der Waals surface area (Å²) >= 11 is 4.17. The molecule has 1 N–H and O–H groups in total. The van der Waals surface area contributed by atoms with E-state index in [0.717, 1.165) is 34.0 Å². The summed E-state index contributed by atoms with van der Waals surface area (Å²) in [6.45, 7) is 5.52. The van der Waals surface area contributed by atoms with Gasteiger partial charge in [0.15, 0.2) is 8.68 Å². The Morgan fingerprint density at radius 3 is 2.48 bits per heavy atom. The molecule has 0 atom stereocenters. The van der Waals surface area contributed by atoms with E-state index in [4.69, 9.17) is 0 Å². The standard InChI is InChI=1S/C17H23N7O2S3/c1-2-3-20-14(25)11-27-16-21-22-17(29-16)28-12-15(26)24-8-6-23(7-9-24)13-10-18-4-5-19-13/h4-5,10H,2-3,6-9,11-12H2,1H3,(H,20,25). The van der Waals surface area contributed by atoms with Crippen LogP contribution >= 0.6 is 34.9 Å². The van der Waals surface area contributed by atoms with Gasteiger partial charge in [0.25, 0.3) is 0 Å². The minimum Gasteiger partial charge on any atom is -0.355 e. The maximum Gasteiger partial charge on any atom is 0.233 e. The van der Waals surface area contributed by atoms with Gasteiger partial charge in [-0.2, -0.15) is 0 Å². The molecule has 156 valence electrons. The molecule has 0 saturated carbocycles. The van der Waals surface area contributed by atoms with Gasteiger partial charge in [0.2, 0.25) is 11.8 Å². The molecule has 0 bridgehead atoms. The number of aromatic nitrogens is 4. The lowest BCUT2D eigenvalue weighted by Gasteiger charge is -2.35. The van der Waals surface area contributed by atoms with Gasteiger partial charge in [0.1, 0.15) is 5.82 Å². The van der Waals surface area contributed by atoms with Crippen molar-refractivity contribution >= 4 is 52.5 Å². The third-order valence-corrected chi connectivity index (χ3v) is 7.29. The SMILES string of the molecule is CCCNC(=O)CSc1nnc(SCC(=O)N2CCN(c3cnccn3)CC2)s1. The average molecular weight is 454 g/mol. The van der Waals surface area contributed by atoms with Gasteiger partial charge in [0.05, 0.1) is 17.7 Å². The van der Waals surface area contributed by atoms with E-state index in [1.54, 1.807) is 18.6 Å². The molecule has 2 amide bonds. The van der Waals surface area contributed by atoms with Crippen LogP contribution in [0.15, 0.2) is 27.3 Å².